The highest BCUT2D eigenvalue weighted by Crippen LogP contribution is 2.37. The SMILES string of the molecule is CC(O)Cc1nccc(B2OC(C)(C)C(C)(C)O2)c1Cl. The Kier molecular flexibility index (Phi) is 4.18. The van der Waals surface area contributed by atoms with E-state index in [2.05, 4.69) is 4.98 Å². The first-order valence-electron chi connectivity index (χ1n) is 6.81. The molecule has 0 spiro atoms. The number of pyridine rings is 1. The molecule has 1 N–H and O–H groups in total. The van der Waals surface area contributed by atoms with E-state index in [-0.39, 0.29) is 0 Å². The fourth-order valence-corrected chi connectivity index (χ4v) is 2.36. The van der Waals surface area contributed by atoms with E-state index in [1.54, 1.807) is 19.2 Å². The second kappa shape index (κ2) is 5.30. The van der Waals surface area contributed by atoms with Crippen LogP contribution >= 0.6 is 11.6 Å². The molecule has 1 fully saturated rings. The van der Waals surface area contributed by atoms with Crippen molar-refractivity contribution in [3.05, 3.63) is 23.0 Å². The third-order valence-electron chi connectivity index (χ3n) is 3.99. The highest BCUT2D eigenvalue weighted by molar-refractivity contribution is 6.65. The minimum Gasteiger partial charge on any atom is -0.399 e. The Morgan fingerprint density at radius 2 is 1.85 bits per heavy atom. The van der Waals surface area contributed by atoms with Crippen LogP contribution in [0.5, 0.6) is 0 Å². The molecule has 0 saturated carbocycles. The molecule has 1 aliphatic heterocycles. The predicted molar refractivity (Wildman–Crippen MR) is 80.3 cm³/mol. The van der Waals surface area contributed by atoms with E-state index in [9.17, 15) is 5.11 Å². The molecule has 4 nitrogen and oxygen atoms in total. The number of nitrogens with zero attached hydrogens (tertiary/aromatic N) is 1. The van der Waals surface area contributed by atoms with Crippen LogP contribution in [0.25, 0.3) is 0 Å². The Labute approximate surface area is 125 Å². The van der Waals surface area contributed by atoms with E-state index in [1.807, 2.05) is 27.7 Å². The van der Waals surface area contributed by atoms with Crippen LogP contribution in [0.4, 0.5) is 0 Å². The van der Waals surface area contributed by atoms with Crippen molar-refractivity contribution in [3.63, 3.8) is 0 Å². The standard InChI is InChI=1S/C14H21BClNO3/c1-9(18)8-11-12(16)10(6-7-17-11)15-19-13(2,3)14(4,5)20-15/h6-7,9,18H,8H2,1-5H3. The molecule has 1 atom stereocenters. The molecule has 1 aliphatic rings. The van der Waals surface area contributed by atoms with E-state index in [0.29, 0.717) is 17.1 Å². The van der Waals surface area contributed by atoms with E-state index in [4.69, 9.17) is 20.9 Å². The smallest absolute Gasteiger partial charge is 0.399 e. The first kappa shape index (κ1) is 15.8. The van der Waals surface area contributed by atoms with Gasteiger partial charge in [0.15, 0.2) is 0 Å². The maximum Gasteiger partial charge on any atom is 0.496 e. The van der Waals surface area contributed by atoms with Gasteiger partial charge in [0, 0.05) is 18.1 Å². The van der Waals surface area contributed by atoms with Crippen molar-refractivity contribution in [1.82, 2.24) is 4.98 Å². The molecule has 110 valence electrons. The largest absolute Gasteiger partial charge is 0.496 e. The van der Waals surface area contributed by atoms with Gasteiger partial charge in [-0.05, 0) is 40.7 Å². The van der Waals surface area contributed by atoms with Crippen LogP contribution in [-0.2, 0) is 15.7 Å². The van der Waals surface area contributed by atoms with Crippen LogP contribution in [0.1, 0.15) is 40.3 Å². The topological polar surface area (TPSA) is 51.6 Å². The molecule has 1 aromatic rings. The normalized spacial score (nSPS) is 22.1. The number of aliphatic hydroxyl groups excluding tert-OH is 1. The molecule has 2 rings (SSSR count). The van der Waals surface area contributed by atoms with Gasteiger partial charge in [-0.2, -0.15) is 0 Å². The molecule has 0 aliphatic carbocycles. The van der Waals surface area contributed by atoms with Gasteiger partial charge in [-0.25, -0.2) is 0 Å². The lowest BCUT2D eigenvalue weighted by atomic mass is 9.79. The number of aromatic nitrogens is 1. The molecule has 1 unspecified atom stereocenters. The number of hydrogen-bond donors (Lipinski definition) is 1. The summed E-state index contributed by atoms with van der Waals surface area (Å²) < 4.78 is 12.0. The second-order valence-electron chi connectivity index (χ2n) is 6.30. The molecular weight excluding hydrogens is 276 g/mol. The summed E-state index contributed by atoms with van der Waals surface area (Å²) in [7, 11) is -0.511. The van der Waals surface area contributed by atoms with Crippen LogP contribution in [0.3, 0.4) is 0 Å². The lowest BCUT2D eigenvalue weighted by Gasteiger charge is -2.32. The molecule has 2 heterocycles. The molecule has 0 aromatic carbocycles. The lowest BCUT2D eigenvalue weighted by molar-refractivity contribution is 0.00578. The summed E-state index contributed by atoms with van der Waals surface area (Å²) in [6.07, 6.45) is 1.59. The first-order chi connectivity index (χ1) is 9.14. The summed E-state index contributed by atoms with van der Waals surface area (Å²) in [5, 5.41) is 10.00. The van der Waals surface area contributed by atoms with Crippen molar-refractivity contribution in [2.45, 2.75) is 58.3 Å². The average molecular weight is 298 g/mol. The van der Waals surface area contributed by atoms with Gasteiger partial charge in [-0.15, -0.1) is 0 Å². The zero-order valence-corrected chi connectivity index (χ0v) is 13.4. The highest BCUT2D eigenvalue weighted by Gasteiger charge is 2.52. The third-order valence-corrected chi connectivity index (χ3v) is 4.42. The molecule has 0 radical (unpaired) electrons. The van der Waals surface area contributed by atoms with Crippen molar-refractivity contribution in [1.29, 1.82) is 0 Å². The van der Waals surface area contributed by atoms with Crippen molar-refractivity contribution in [2.75, 3.05) is 0 Å². The van der Waals surface area contributed by atoms with Crippen molar-refractivity contribution in [2.24, 2.45) is 0 Å². The fraction of sp³-hybridized carbons (Fsp3) is 0.643. The van der Waals surface area contributed by atoms with Crippen LogP contribution in [-0.4, -0.2) is 34.5 Å². The summed E-state index contributed by atoms with van der Waals surface area (Å²) in [6.45, 7) is 9.70. The maximum atomic E-state index is 9.49. The van der Waals surface area contributed by atoms with Gasteiger partial charge < -0.3 is 14.4 Å². The molecule has 0 amide bonds. The number of halogens is 1. The van der Waals surface area contributed by atoms with Gasteiger partial charge in [-0.1, -0.05) is 11.6 Å². The fourth-order valence-electron chi connectivity index (χ4n) is 2.08. The Bertz CT molecular complexity index is 489. The Morgan fingerprint density at radius 1 is 1.30 bits per heavy atom. The number of hydrogen-bond acceptors (Lipinski definition) is 4. The van der Waals surface area contributed by atoms with Gasteiger partial charge in [-0.3, -0.25) is 4.98 Å². The Balaban J connectivity index is 2.31. The van der Waals surface area contributed by atoms with E-state index >= 15 is 0 Å². The lowest BCUT2D eigenvalue weighted by Crippen LogP contribution is -2.41. The number of aliphatic hydroxyl groups is 1. The van der Waals surface area contributed by atoms with E-state index in [1.165, 1.54) is 0 Å². The zero-order chi connectivity index (χ0) is 15.1. The second-order valence-corrected chi connectivity index (χ2v) is 6.68. The Hall–Kier alpha value is -0.615. The molecule has 20 heavy (non-hydrogen) atoms. The monoisotopic (exact) mass is 297 g/mol. The third kappa shape index (κ3) is 2.86. The van der Waals surface area contributed by atoms with Gasteiger partial charge in [0.2, 0.25) is 0 Å². The van der Waals surface area contributed by atoms with E-state index in [0.717, 1.165) is 5.46 Å². The van der Waals surface area contributed by atoms with Gasteiger partial charge in [0.1, 0.15) is 0 Å². The zero-order valence-electron chi connectivity index (χ0n) is 12.6. The minimum atomic E-state index is -0.511. The summed E-state index contributed by atoms with van der Waals surface area (Å²) in [5.41, 5.74) is 0.605. The first-order valence-corrected chi connectivity index (χ1v) is 7.19. The average Bonchev–Trinajstić information content (AvgIpc) is 2.50. The molecule has 1 saturated heterocycles. The van der Waals surface area contributed by atoms with Crippen molar-refractivity contribution in [3.8, 4) is 0 Å². The predicted octanol–water partition coefficient (Wildman–Crippen LogP) is 1.96. The molecule has 1 aromatic heterocycles. The summed E-state index contributed by atoms with van der Waals surface area (Å²) in [5.74, 6) is 0. The van der Waals surface area contributed by atoms with Gasteiger partial charge in [0.25, 0.3) is 0 Å². The van der Waals surface area contributed by atoms with Crippen molar-refractivity contribution < 1.29 is 14.4 Å². The van der Waals surface area contributed by atoms with Crippen LogP contribution in [0.2, 0.25) is 5.02 Å². The molecule has 0 bridgehead atoms. The number of rotatable bonds is 3. The van der Waals surface area contributed by atoms with Crippen LogP contribution in [0.15, 0.2) is 12.3 Å². The molecule has 6 heteroatoms. The van der Waals surface area contributed by atoms with Gasteiger partial charge in [0.05, 0.1) is 28.0 Å². The quantitative estimate of drug-likeness (QED) is 0.867. The Morgan fingerprint density at radius 3 is 2.35 bits per heavy atom. The van der Waals surface area contributed by atoms with Crippen LogP contribution in [0, 0.1) is 0 Å². The van der Waals surface area contributed by atoms with Crippen LogP contribution < -0.4 is 5.46 Å². The van der Waals surface area contributed by atoms with E-state index < -0.39 is 24.4 Å². The molecular formula is C14H21BClNO3. The summed E-state index contributed by atoms with van der Waals surface area (Å²) in [6, 6.07) is 1.80. The van der Waals surface area contributed by atoms with Crippen molar-refractivity contribution >= 4 is 24.2 Å². The minimum absolute atomic E-state index is 0.408. The summed E-state index contributed by atoms with van der Waals surface area (Å²) in [4.78, 5) is 4.22. The maximum absolute atomic E-state index is 9.49. The van der Waals surface area contributed by atoms with Gasteiger partial charge >= 0.3 is 7.12 Å². The summed E-state index contributed by atoms with van der Waals surface area (Å²) >= 11 is 6.39. The highest BCUT2D eigenvalue weighted by atomic mass is 35.5.